The van der Waals surface area contributed by atoms with Gasteiger partial charge < -0.3 is 9.47 Å². The fourth-order valence-electron chi connectivity index (χ4n) is 0.972. The SMILES string of the molecule is COCOc1ccc(I)cc1C(F)(F)F. The Kier molecular flexibility index (Phi) is 4.21. The summed E-state index contributed by atoms with van der Waals surface area (Å²) in [7, 11) is 1.35. The van der Waals surface area contributed by atoms with Crippen molar-refractivity contribution in [2.24, 2.45) is 0 Å². The largest absolute Gasteiger partial charge is 0.467 e. The van der Waals surface area contributed by atoms with Gasteiger partial charge in [0.1, 0.15) is 5.75 Å². The molecule has 2 nitrogen and oxygen atoms in total. The van der Waals surface area contributed by atoms with E-state index in [1.54, 1.807) is 6.07 Å². The number of hydrogen-bond acceptors (Lipinski definition) is 2. The lowest BCUT2D eigenvalue weighted by Crippen LogP contribution is -2.10. The number of ether oxygens (including phenoxy) is 2. The zero-order valence-corrected chi connectivity index (χ0v) is 9.93. The second-order valence-corrected chi connectivity index (χ2v) is 3.93. The van der Waals surface area contributed by atoms with Crippen LogP contribution in [0.15, 0.2) is 18.2 Å². The smallest absolute Gasteiger partial charge is 0.420 e. The van der Waals surface area contributed by atoms with Gasteiger partial charge in [0.2, 0.25) is 0 Å². The first-order valence-corrected chi connectivity index (χ1v) is 5.01. The molecule has 0 atom stereocenters. The quantitative estimate of drug-likeness (QED) is 0.625. The maximum atomic E-state index is 12.5. The van der Waals surface area contributed by atoms with Gasteiger partial charge >= 0.3 is 6.18 Å². The van der Waals surface area contributed by atoms with Gasteiger partial charge in [-0.2, -0.15) is 13.2 Å². The number of rotatable bonds is 3. The monoisotopic (exact) mass is 332 g/mol. The van der Waals surface area contributed by atoms with Crippen LogP contribution in [0.1, 0.15) is 5.56 Å². The molecular weight excluding hydrogens is 324 g/mol. The Morgan fingerprint density at radius 1 is 1.33 bits per heavy atom. The molecule has 0 aliphatic heterocycles. The molecule has 0 aliphatic rings. The predicted molar refractivity (Wildman–Crippen MR) is 56.7 cm³/mol. The highest BCUT2D eigenvalue weighted by Crippen LogP contribution is 2.37. The molecule has 0 saturated heterocycles. The fraction of sp³-hybridized carbons (Fsp3) is 0.333. The van der Waals surface area contributed by atoms with E-state index in [-0.39, 0.29) is 12.5 Å². The summed E-state index contributed by atoms with van der Waals surface area (Å²) in [6.07, 6.45) is -4.41. The van der Waals surface area contributed by atoms with Crippen LogP contribution in [0, 0.1) is 3.57 Å². The fourth-order valence-corrected chi connectivity index (χ4v) is 1.46. The summed E-state index contributed by atoms with van der Waals surface area (Å²) >= 11 is 1.81. The zero-order chi connectivity index (χ0) is 11.5. The van der Waals surface area contributed by atoms with E-state index in [1.807, 2.05) is 22.6 Å². The molecule has 0 saturated carbocycles. The van der Waals surface area contributed by atoms with Crippen LogP contribution in [0.4, 0.5) is 13.2 Å². The Morgan fingerprint density at radius 2 is 2.00 bits per heavy atom. The van der Waals surface area contributed by atoms with E-state index < -0.39 is 11.7 Å². The average molecular weight is 332 g/mol. The lowest BCUT2D eigenvalue weighted by atomic mass is 10.2. The highest BCUT2D eigenvalue weighted by Gasteiger charge is 2.34. The zero-order valence-electron chi connectivity index (χ0n) is 7.77. The molecule has 0 heterocycles. The summed E-state index contributed by atoms with van der Waals surface area (Å²) in [6, 6.07) is 3.86. The van der Waals surface area contributed by atoms with Gasteiger partial charge in [-0.05, 0) is 40.8 Å². The second kappa shape index (κ2) is 5.02. The van der Waals surface area contributed by atoms with Gasteiger partial charge in [0, 0.05) is 10.7 Å². The van der Waals surface area contributed by atoms with Gasteiger partial charge in [-0.1, -0.05) is 0 Å². The van der Waals surface area contributed by atoms with Gasteiger partial charge in [0.25, 0.3) is 0 Å². The Hall–Kier alpha value is -0.500. The maximum Gasteiger partial charge on any atom is 0.420 e. The molecule has 0 N–H and O–H groups in total. The molecular formula is C9H8F3IO2. The molecule has 6 heteroatoms. The van der Waals surface area contributed by atoms with Gasteiger partial charge in [-0.25, -0.2) is 0 Å². The third kappa shape index (κ3) is 3.53. The van der Waals surface area contributed by atoms with Crippen LogP contribution in [0.5, 0.6) is 5.75 Å². The number of halogens is 4. The highest BCUT2D eigenvalue weighted by atomic mass is 127. The van der Waals surface area contributed by atoms with Crippen molar-refractivity contribution in [1.82, 2.24) is 0 Å². The first kappa shape index (κ1) is 12.6. The van der Waals surface area contributed by atoms with E-state index in [9.17, 15) is 13.2 Å². The Labute approximate surface area is 98.5 Å². The minimum atomic E-state index is -4.41. The minimum absolute atomic E-state index is 0.205. The standard InChI is InChI=1S/C9H8F3IO2/c1-14-5-15-8-3-2-6(13)4-7(8)9(10,11)12/h2-4H,5H2,1H3. The molecule has 15 heavy (non-hydrogen) atoms. The second-order valence-electron chi connectivity index (χ2n) is 2.69. The number of benzene rings is 1. The van der Waals surface area contributed by atoms with Crippen LogP contribution in [0.3, 0.4) is 0 Å². The minimum Gasteiger partial charge on any atom is -0.467 e. The Bertz CT molecular complexity index is 339. The van der Waals surface area contributed by atoms with Crippen molar-refractivity contribution in [2.75, 3.05) is 13.9 Å². The topological polar surface area (TPSA) is 18.5 Å². The first-order valence-electron chi connectivity index (χ1n) is 3.93. The molecule has 84 valence electrons. The van der Waals surface area contributed by atoms with Crippen molar-refractivity contribution in [3.8, 4) is 5.75 Å². The maximum absolute atomic E-state index is 12.5. The van der Waals surface area contributed by atoms with Crippen molar-refractivity contribution in [2.45, 2.75) is 6.18 Å². The molecule has 1 rings (SSSR count). The van der Waals surface area contributed by atoms with Crippen molar-refractivity contribution in [1.29, 1.82) is 0 Å². The van der Waals surface area contributed by atoms with Gasteiger partial charge in [-0.15, -0.1) is 0 Å². The van der Waals surface area contributed by atoms with Crippen LogP contribution >= 0.6 is 22.6 Å². The van der Waals surface area contributed by atoms with Crippen molar-refractivity contribution in [3.63, 3.8) is 0 Å². The van der Waals surface area contributed by atoms with Crippen LogP contribution < -0.4 is 4.74 Å². The third-order valence-corrected chi connectivity index (χ3v) is 2.25. The summed E-state index contributed by atoms with van der Waals surface area (Å²) in [6.45, 7) is -0.205. The summed E-state index contributed by atoms with van der Waals surface area (Å²) in [5.74, 6) is -0.218. The molecule has 0 aliphatic carbocycles. The number of alkyl halides is 3. The Balaban J connectivity index is 3.04. The van der Waals surface area contributed by atoms with E-state index in [0.29, 0.717) is 3.57 Å². The predicted octanol–water partition coefficient (Wildman–Crippen LogP) is 3.29. The molecule has 0 radical (unpaired) electrons. The van der Waals surface area contributed by atoms with Crippen LogP contribution in [-0.2, 0) is 10.9 Å². The third-order valence-electron chi connectivity index (χ3n) is 1.58. The lowest BCUT2D eigenvalue weighted by Gasteiger charge is -2.13. The van der Waals surface area contributed by atoms with Crippen LogP contribution in [-0.4, -0.2) is 13.9 Å². The summed E-state index contributed by atoms with van der Waals surface area (Å²) in [5, 5.41) is 0. The van der Waals surface area contributed by atoms with Crippen LogP contribution in [0.2, 0.25) is 0 Å². The van der Waals surface area contributed by atoms with E-state index in [4.69, 9.17) is 4.74 Å². The van der Waals surface area contributed by atoms with Gasteiger partial charge in [0.15, 0.2) is 6.79 Å². The van der Waals surface area contributed by atoms with Gasteiger partial charge in [-0.3, -0.25) is 0 Å². The molecule has 0 fully saturated rings. The van der Waals surface area contributed by atoms with Crippen molar-refractivity contribution >= 4 is 22.6 Å². The van der Waals surface area contributed by atoms with E-state index in [2.05, 4.69) is 4.74 Å². The summed E-state index contributed by atoms with van der Waals surface area (Å²) in [5.41, 5.74) is -0.786. The molecule has 0 amide bonds. The molecule has 0 bridgehead atoms. The summed E-state index contributed by atoms with van der Waals surface area (Å²) < 4.78 is 47.5. The first-order chi connectivity index (χ1) is 6.95. The van der Waals surface area contributed by atoms with E-state index in [0.717, 1.165) is 6.07 Å². The van der Waals surface area contributed by atoms with E-state index in [1.165, 1.54) is 13.2 Å². The molecule has 0 unspecified atom stereocenters. The lowest BCUT2D eigenvalue weighted by molar-refractivity contribution is -0.139. The number of hydrogen-bond donors (Lipinski definition) is 0. The average Bonchev–Trinajstić information content (AvgIpc) is 2.14. The van der Waals surface area contributed by atoms with E-state index >= 15 is 0 Å². The highest BCUT2D eigenvalue weighted by molar-refractivity contribution is 14.1. The van der Waals surface area contributed by atoms with Gasteiger partial charge in [0.05, 0.1) is 5.56 Å². The number of methoxy groups -OCH3 is 1. The molecule has 0 spiro atoms. The molecule has 1 aromatic carbocycles. The Morgan fingerprint density at radius 3 is 2.53 bits per heavy atom. The van der Waals surface area contributed by atoms with Crippen molar-refractivity contribution < 1.29 is 22.6 Å². The molecule has 1 aromatic rings. The van der Waals surface area contributed by atoms with Crippen LogP contribution in [0.25, 0.3) is 0 Å². The molecule has 0 aromatic heterocycles. The normalized spacial score (nSPS) is 11.5. The summed E-state index contributed by atoms with van der Waals surface area (Å²) in [4.78, 5) is 0. The van der Waals surface area contributed by atoms with Crippen molar-refractivity contribution in [3.05, 3.63) is 27.3 Å².